The van der Waals surface area contributed by atoms with Gasteiger partial charge in [0.2, 0.25) is 0 Å². The number of rotatable bonds is 8. The normalized spacial score (nSPS) is 10.9. The molecule has 0 aromatic heterocycles. The summed E-state index contributed by atoms with van der Waals surface area (Å²) < 4.78 is 14.5. The number of anilines is 2. The standard InChI is InChI=1S/C31H27FN2O3/c1-33(2)28-15-13-25(14-16-28)24-11-8-22(9-12-24)21-34(31(37)26-6-4-3-5-7-26)29-19-23(10-17-30(35)36)18-27(32)20-29/h3-20H,21H2,1-2H3,(H,35,36)/b17-10+. The molecule has 186 valence electrons. The van der Waals surface area contributed by atoms with E-state index in [9.17, 15) is 14.0 Å². The summed E-state index contributed by atoms with van der Waals surface area (Å²) in [5.74, 6) is -1.99. The van der Waals surface area contributed by atoms with Crippen LogP contribution in [0, 0.1) is 5.82 Å². The van der Waals surface area contributed by atoms with E-state index in [0.29, 0.717) is 16.8 Å². The molecular formula is C31H27FN2O3. The molecule has 1 amide bonds. The highest BCUT2D eigenvalue weighted by Crippen LogP contribution is 2.26. The minimum Gasteiger partial charge on any atom is -0.478 e. The molecule has 6 heteroatoms. The van der Waals surface area contributed by atoms with E-state index in [1.165, 1.54) is 23.1 Å². The van der Waals surface area contributed by atoms with Gasteiger partial charge in [0.15, 0.2) is 0 Å². The predicted molar refractivity (Wildman–Crippen MR) is 146 cm³/mol. The van der Waals surface area contributed by atoms with Crippen LogP contribution in [0.2, 0.25) is 0 Å². The zero-order chi connectivity index (χ0) is 26.4. The number of hydrogen-bond acceptors (Lipinski definition) is 3. The summed E-state index contributed by atoms with van der Waals surface area (Å²) in [5.41, 5.74) is 5.25. The monoisotopic (exact) mass is 494 g/mol. The minimum atomic E-state index is -1.14. The molecular weight excluding hydrogens is 467 g/mol. The van der Waals surface area contributed by atoms with Crippen LogP contribution in [0.4, 0.5) is 15.8 Å². The van der Waals surface area contributed by atoms with Crippen molar-refractivity contribution >= 4 is 29.3 Å². The maximum Gasteiger partial charge on any atom is 0.328 e. The average Bonchev–Trinajstić information content (AvgIpc) is 2.91. The van der Waals surface area contributed by atoms with Crippen LogP contribution in [-0.4, -0.2) is 31.1 Å². The first kappa shape index (κ1) is 25.4. The number of carbonyl (C=O) groups excluding carboxylic acids is 1. The fourth-order valence-electron chi connectivity index (χ4n) is 3.97. The largest absolute Gasteiger partial charge is 0.478 e. The fraction of sp³-hybridized carbons (Fsp3) is 0.0968. The van der Waals surface area contributed by atoms with Crippen LogP contribution in [0.25, 0.3) is 17.2 Å². The van der Waals surface area contributed by atoms with Crippen molar-refractivity contribution in [1.29, 1.82) is 0 Å². The minimum absolute atomic E-state index is 0.207. The van der Waals surface area contributed by atoms with Gasteiger partial charge in [-0.15, -0.1) is 0 Å². The molecule has 0 atom stereocenters. The van der Waals surface area contributed by atoms with E-state index < -0.39 is 11.8 Å². The van der Waals surface area contributed by atoms with Crippen LogP contribution >= 0.6 is 0 Å². The van der Waals surface area contributed by atoms with E-state index in [0.717, 1.165) is 28.5 Å². The van der Waals surface area contributed by atoms with Crippen molar-refractivity contribution in [3.05, 3.63) is 126 Å². The quantitative estimate of drug-likeness (QED) is 0.284. The molecule has 5 nitrogen and oxygen atoms in total. The maximum absolute atomic E-state index is 14.5. The average molecular weight is 495 g/mol. The molecule has 4 rings (SSSR count). The van der Waals surface area contributed by atoms with E-state index >= 15 is 0 Å². The second-order valence-corrected chi connectivity index (χ2v) is 8.81. The third-order valence-corrected chi connectivity index (χ3v) is 5.91. The zero-order valence-corrected chi connectivity index (χ0v) is 20.6. The molecule has 0 unspecified atom stereocenters. The molecule has 0 fully saturated rings. The van der Waals surface area contributed by atoms with Gasteiger partial charge >= 0.3 is 5.97 Å². The van der Waals surface area contributed by atoms with Crippen molar-refractivity contribution in [2.24, 2.45) is 0 Å². The summed E-state index contributed by atoms with van der Waals surface area (Å²) in [6, 6.07) is 29.0. The number of nitrogens with zero attached hydrogens (tertiary/aromatic N) is 2. The Labute approximate surface area is 215 Å². The molecule has 0 spiro atoms. The molecule has 0 saturated carbocycles. The SMILES string of the molecule is CN(C)c1ccc(-c2ccc(CN(C(=O)c3ccccc3)c3cc(F)cc(/C=C/C(=O)O)c3)cc2)cc1. The second kappa shape index (κ2) is 11.4. The van der Waals surface area contributed by atoms with Gasteiger partial charge in [-0.05, 0) is 70.8 Å². The molecule has 37 heavy (non-hydrogen) atoms. The second-order valence-electron chi connectivity index (χ2n) is 8.81. The fourth-order valence-corrected chi connectivity index (χ4v) is 3.97. The van der Waals surface area contributed by atoms with Crippen LogP contribution in [0.15, 0.2) is 103 Å². The van der Waals surface area contributed by atoms with Gasteiger partial charge in [-0.1, -0.05) is 54.6 Å². The van der Waals surface area contributed by atoms with E-state index in [1.54, 1.807) is 30.3 Å². The van der Waals surface area contributed by atoms with Gasteiger partial charge in [0, 0.05) is 37.1 Å². The lowest BCUT2D eigenvalue weighted by Crippen LogP contribution is -2.30. The Balaban J connectivity index is 1.66. The number of aliphatic carboxylic acids is 1. The molecule has 4 aromatic rings. The maximum atomic E-state index is 14.5. The number of carbonyl (C=O) groups is 2. The van der Waals surface area contributed by atoms with Gasteiger partial charge in [0.25, 0.3) is 5.91 Å². The van der Waals surface area contributed by atoms with Crippen molar-refractivity contribution in [3.8, 4) is 11.1 Å². The molecule has 0 aliphatic carbocycles. The zero-order valence-electron chi connectivity index (χ0n) is 20.6. The van der Waals surface area contributed by atoms with Crippen molar-refractivity contribution < 1.29 is 19.1 Å². The topological polar surface area (TPSA) is 60.9 Å². The van der Waals surface area contributed by atoms with Crippen molar-refractivity contribution in [3.63, 3.8) is 0 Å². The molecule has 0 aliphatic heterocycles. The summed E-state index contributed by atoms with van der Waals surface area (Å²) in [5, 5.41) is 8.95. The first-order valence-corrected chi connectivity index (χ1v) is 11.8. The smallest absolute Gasteiger partial charge is 0.328 e. The Morgan fingerprint density at radius 1 is 0.811 bits per heavy atom. The summed E-state index contributed by atoms with van der Waals surface area (Å²) in [6.07, 6.45) is 2.24. The van der Waals surface area contributed by atoms with E-state index in [4.69, 9.17) is 5.11 Å². The summed E-state index contributed by atoms with van der Waals surface area (Å²) in [4.78, 5) is 28.0. The number of carboxylic acid groups (broad SMARTS) is 1. The van der Waals surface area contributed by atoms with E-state index in [2.05, 4.69) is 24.3 Å². The lowest BCUT2D eigenvalue weighted by molar-refractivity contribution is -0.131. The number of benzene rings is 4. The van der Waals surface area contributed by atoms with Crippen molar-refractivity contribution in [1.82, 2.24) is 0 Å². The molecule has 4 aromatic carbocycles. The highest BCUT2D eigenvalue weighted by molar-refractivity contribution is 6.06. The first-order valence-electron chi connectivity index (χ1n) is 11.8. The first-order chi connectivity index (χ1) is 17.8. The number of hydrogen-bond donors (Lipinski definition) is 1. The van der Waals surface area contributed by atoms with Crippen LogP contribution < -0.4 is 9.80 Å². The molecule has 0 aliphatic rings. The molecule has 0 radical (unpaired) electrons. The lowest BCUT2D eigenvalue weighted by atomic mass is 10.0. The van der Waals surface area contributed by atoms with Gasteiger partial charge < -0.3 is 14.9 Å². The number of carboxylic acids is 1. The molecule has 0 bridgehead atoms. The van der Waals surface area contributed by atoms with Gasteiger partial charge in [-0.2, -0.15) is 0 Å². The van der Waals surface area contributed by atoms with Crippen LogP contribution in [0.3, 0.4) is 0 Å². The van der Waals surface area contributed by atoms with Gasteiger partial charge in [0.1, 0.15) is 5.82 Å². The molecule has 1 N–H and O–H groups in total. The Bertz CT molecular complexity index is 1410. The third-order valence-electron chi connectivity index (χ3n) is 5.91. The highest BCUT2D eigenvalue weighted by atomic mass is 19.1. The van der Waals surface area contributed by atoms with Crippen LogP contribution in [0.1, 0.15) is 21.5 Å². The van der Waals surface area contributed by atoms with Gasteiger partial charge in [0.05, 0.1) is 6.54 Å². The third kappa shape index (κ3) is 6.49. The van der Waals surface area contributed by atoms with Crippen LogP contribution in [-0.2, 0) is 11.3 Å². The predicted octanol–water partition coefficient (Wildman–Crippen LogP) is 6.50. The summed E-state index contributed by atoms with van der Waals surface area (Å²) in [7, 11) is 3.99. The van der Waals surface area contributed by atoms with Gasteiger partial charge in [-0.25, -0.2) is 9.18 Å². The van der Waals surface area contributed by atoms with E-state index in [-0.39, 0.29) is 12.5 Å². The lowest BCUT2D eigenvalue weighted by Gasteiger charge is -2.24. The van der Waals surface area contributed by atoms with Crippen molar-refractivity contribution in [2.75, 3.05) is 23.9 Å². The van der Waals surface area contributed by atoms with Crippen LogP contribution in [0.5, 0.6) is 0 Å². The summed E-state index contributed by atoms with van der Waals surface area (Å²) in [6.45, 7) is 0.207. The Kier molecular flexibility index (Phi) is 7.79. The Morgan fingerprint density at radius 3 is 2.03 bits per heavy atom. The van der Waals surface area contributed by atoms with Gasteiger partial charge in [-0.3, -0.25) is 4.79 Å². The number of amides is 1. The number of halogens is 1. The molecule has 0 saturated heterocycles. The molecule has 0 heterocycles. The highest BCUT2D eigenvalue weighted by Gasteiger charge is 2.19. The Morgan fingerprint density at radius 2 is 1.43 bits per heavy atom. The van der Waals surface area contributed by atoms with E-state index in [1.807, 2.05) is 49.3 Å². The Hall–Kier alpha value is -4.71. The van der Waals surface area contributed by atoms with Crippen molar-refractivity contribution in [2.45, 2.75) is 6.54 Å². The summed E-state index contributed by atoms with van der Waals surface area (Å²) >= 11 is 0.